The molecule has 0 saturated carbocycles. The van der Waals surface area contributed by atoms with Crippen LogP contribution >= 0.6 is 11.6 Å². The van der Waals surface area contributed by atoms with Gasteiger partial charge in [-0.25, -0.2) is 4.98 Å². The van der Waals surface area contributed by atoms with Gasteiger partial charge in [-0.15, -0.1) is 11.6 Å². The Morgan fingerprint density at radius 1 is 1.16 bits per heavy atom. The zero-order chi connectivity index (χ0) is 17.8. The van der Waals surface area contributed by atoms with Gasteiger partial charge in [0.05, 0.1) is 19.1 Å². The number of halogens is 1. The molecule has 0 radical (unpaired) electrons. The fourth-order valence-electron chi connectivity index (χ4n) is 2.64. The highest BCUT2D eigenvalue weighted by atomic mass is 35.5. The molecule has 0 amide bonds. The van der Waals surface area contributed by atoms with E-state index in [0.29, 0.717) is 35.0 Å². The van der Waals surface area contributed by atoms with E-state index in [1.807, 2.05) is 24.3 Å². The van der Waals surface area contributed by atoms with Crippen molar-refractivity contribution < 1.29 is 9.47 Å². The summed E-state index contributed by atoms with van der Waals surface area (Å²) in [6, 6.07) is 12.8. The number of hydrogen-bond donors (Lipinski definition) is 0. The van der Waals surface area contributed by atoms with Gasteiger partial charge in [-0.2, -0.15) is 0 Å². The van der Waals surface area contributed by atoms with Gasteiger partial charge in [-0.3, -0.25) is 9.36 Å². The summed E-state index contributed by atoms with van der Waals surface area (Å²) < 4.78 is 12.5. The molecule has 0 bridgehead atoms. The molecule has 2 aromatic carbocycles. The summed E-state index contributed by atoms with van der Waals surface area (Å²) in [5, 5.41) is 0.534. The predicted octanol–water partition coefficient (Wildman–Crippen LogP) is 3.62. The van der Waals surface area contributed by atoms with Crippen LogP contribution in [0, 0.1) is 0 Å². The van der Waals surface area contributed by atoms with E-state index >= 15 is 0 Å². The van der Waals surface area contributed by atoms with Crippen molar-refractivity contribution in [3.05, 3.63) is 52.8 Å². The van der Waals surface area contributed by atoms with E-state index in [4.69, 9.17) is 21.1 Å². The monoisotopic (exact) mass is 358 g/mol. The molecule has 0 unspecified atom stereocenters. The Labute approximate surface area is 150 Å². The average molecular weight is 359 g/mol. The van der Waals surface area contributed by atoms with Crippen molar-refractivity contribution in [3.8, 4) is 22.9 Å². The van der Waals surface area contributed by atoms with Crippen LogP contribution in [0.5, 0.6) is 11.5 Å². The molecular formula is C19H19ClN2O3. The predicted molar refractivity (Wildman–Crippen MR) is 99.8 cm³/mol. The Hall–Kier alpha value is -2.53. The second kappa shape index (κ2) is 7.57. The van der Waals surface area contributed by atoms with Crippen LogP contribution in [0.15, 0.2) is 47.3 Å². The number of ether oxygens (including phenoxy) is 2. The molecular weight excluding hydrogens is 340 g/mol. The van der Waals surface area contributed by atoms with Gasteiger partial charge >= 0.3 is 0 Å². The first-order chi connectivity index (χ1) is 12.2. The fraction of sp³-hybridized carbons (Fsp3) is 0.263. The Morgan fingerprint density at radius 3 is 2.60 bits per heavy atom. The third kappa shape index (κ3) is 3.46. The van der Waals surface area contributed by atoms with E-state index in [9.17, 15) is 4.79 Å². The number of aromatic nitrogens is 2. The maximum absolute atomic E-state index is 12.7. The van der Waals surface area contributed by atoms with Gasteiger partial charge in [0.15, 0.2) is 0 Å². The van der Waals surface area contributed by atoms with Crippen molar-refractivity contribution in [2.24, 2.45) is 7.05 Å². The van der Waals surface area contributed by atoms with Crippen molar-refractivity contribution >= 4 is 22.5 Å². The van der Waals surface area contributed by atoms with Gasteiger partial charge in [0, 0.05) is 18.5 Å². The molecule has 3 rings (SSSR count). The molecule has 0 spiro atoms. The quantitative estimate of drug-likeness (QED) is 0.499. The third-order valence-corrected chi connectivity index (χ3v) is 4.22. The Kier molecular flexibility index (Phi) is 5.24. The van der Waals surface area contributed by atoms with Crippen LogP contribution in [0.25, 0.3) is 22.3 Å². The first-order valence-corrected chi connectivity index (χ1v) is 8.52. The van der Waals surface area contributed by atoms with Crippen LogP contribution < -0.4 is 15.0 Å². The molecule has 0 fully saturated rings. The van der Waals surface area contributed by atoms with E-state index in [1.54, 1.807) is 36.9 Å². The van der Waals surface area contributed by atoms with Crippen molar-refractivity contribution in [3.63, 3.8) is 0 Å². The zero-order valence-corrected chi connectivity index (χ0v) is 14.9. The molecule has 130 valence electrons. The third-order valence-electron chi connectivity index (χ3n) is 3.95. The van der Waals surface area contributed by atoms with Gasteiger partial charge in [0.2, 0.25) is 0 Å². The van der Waals surface area contributed by atoms with E-state index in [0.717, 1.165) is 17.7 Å². The molecule has 0 N–H and O–H groups in total. The SMILES string of the molecule is COc1cccc2c(=O)n(C)c(-c3ccc(OCCCCl)cc3)nc12. The minimum absolute atomic E-state index is 0.110. The molecule has 0 aliphatic carbocycles. The number of hydrogen-bond acceptors (Lipinski definition) is 4. The molecule has 1 aromatic heterocycles. The summed E-state index contributed by atoms with van der Waals surface area (Å²) in [6.07, 6.45) is 0.795. The lowest BCUT2D eigenvalue weighted by Gasteiger charge is -2.12. The lowest BCUT2D eigenvalue weighted by atomic mass is 10.1. The van der Waals surface area contributed by atoms with Gasteiger partial charge in [0.25, 0.3) is 5.56 Å². The van der Waals surface area contributed by atoms with Crippen molar-refractivity contribution in [2.45, 2.75) is 6.42 Å². The lowest BCUT2D eigenvalue weighted by Crippen LogP contribution is -2.20. The Morgan fingerprint density at radius 2 is 1.92 bits per heavy atom. The van der Waals surface area contributed by atoms with Crippen LogP contribution in [0.4, 0.5) is 0 Å². The second-order valence-electron chi connectivity index (χ2n) is 5.57. The van der Waals surface area contributed by atoms with Gasteiger partial charge in [-0.1, -0.05) is 6.07 Å². The highest BCUT2D eigenvalue weighted by Gasteiger charge is 2.13. The Balaban J connectivity index is 2.03. The Bertz CT molecular complexity index is 936. The standard InChI is InChI=1S/C19H19ClN2O3/c1-22-18(13-7-9-14(10-8-13)25-12-4-11-20)21-17-15(19(22)23)5-3-6-16(17)24-2/h3,5-10H,4,11-12H2,1-2H3. The minimum atomic E-state index is -0.110. The number of rotatable bonds is 6. The molecule has 25 heavy (non-hydrogen) atoms. The molecule has 0 saturated heterocycles. The van der Waals surface area contributed by atoms with E-state index < -0.39 is 0 Å². The van der Waals surface area contributed by atoms with Crippen molar-refractivity contribution in [2.75, 3.05) is 19.6 Å². The minimum Gasteiger partial charge on any atom is -0.494 e. The summed E-state index contributed by atoms with van der Waals surface area (Å²) in [5.41, 5.74) is 1.28. The fourth-order valence-corrected chi connectivity index (χ4v) is 2.74. The normalized spacial score (nSPS) is 10.8. The maximum atomic E-state index is 12.7. The highest BCUT2D eigenvalue weighted by Crippen LogP contribution is 2.25. The summed E-state index contributed by atoms with van der Waals surface area (Å²) in [5.74, 6) is 2.49. The zero-order valence-electron chi connectivity index (χ0n) is 14.2. The van der Waals surface area contributed by atoms with Gasteiger partial charge < -0.3 is 9.47 Å². The largest absolute Gasteiger partial charge is 0.494 e. The molecule has 0 atom stereocenters. The molecule has 6 heteroatoms. The number of methoxy groups -OCH3 is 1. The molecule has 5 nitrogen and oxygen atoms in total. The first-order valence-electron chi connectivity index (χ1n) is 7.98. The van der Waals surface area contributed by atoms with Crippen LogP contribution in [-0.2, 0) is 7.05 Å². The maximum Gasteiger partial charge on any atom is 0.261 e. The van der Waals surface area contributed by atoms with E-state index in [-0.39, 0.29) is 5.56 Å². The summed E-state index contributed by atoms with van der Waals surface area (Å²) in [7, 11) is 3.29. The van der Waals surface area contributed by atoms with Gasteiger partial charge in [0.1, 0.15) is 22.8 Å². The summed E-state index contributed by atoms with van der Waals surface area (Å²) >= 11 is 5.65. The lowest BCUT2D eigenvalue weighted by molar-refractivity contribution is 0.318. The molecule has 1 heterocycles. The van der Waals surface area contributed by atoms with E-state index in [1.165, 1.54) is 0 Å². The van der Waals surface area contributed by atoms with Crippen LogP contribution in [-0.4, -0.2) is 29.1 Å². The second-order valence-corrected chi connectivity index (χ2v) is 5.95. The van der Waals surface area contributed by atoms with Crippen LogP contribution in [0.2, 0.25) is 0 Å². The molecule has 0 aliphatic heterocycles. The molecule has 3 aromatic rings. The number of alkyl halides is 1. The summed E-state index contributed by atoms with van der Waals surface area (Å²) in [6.45, 7) is 0.576. The van der Waals surface area contributed by atoms with Crippen LogP contribution in [0.1, 0.15) is 6.42 Å². The smallest absolute Gasteiger partial charge is 0.261 e. The van der Waals surface area contributed by atoms with E-state index in [2.05, 4.69) is 4.98 Å². The number of benzene rings is 2. The number of nitrogens with zero attached hydrogens (tertiary/aromatic N) is 2. The molecule has 0 aliphatic rings. The van der Waals surface area contributed by atoms with Crippen molar-refractivity contribution in [1.29, 1.82) is 0 Å². The van der Waals surface area contributed by atoms with Crippen molar-refractivity contribution in [1.82, 2.24) is 9.55 Å². The van der Waals surface area contributed by atoms with Crippen LogP contribution in [0.3, 0.4) is 0 Å². The highest BCUT2D eigenvalue weighted by molar-refractivity contribution is 6.17. The average Bonchev–Trinajstić information content (AvgIpc) is 2.65. The topological polar surface area (TPSA) is 53.4 Å². The van der Waals surface area contributed by atoms with Gasteiger partial charge in [-0.05, 0) is 42.8 Å². The summed E-state index contributed by atoms with van der Waals surface area (Å²) in [4.78, 5) is 17.3. The number of para-hydroxylation sites is 1. The first kappa shape index (κ1) is 17.3. The number of fused-ring (bicyclic) bond motifs is 1.